The summed E-state index contributed by atoms with van der Waals surface area (Å²) < 4.78 is 44.5. The number of hydrogen-bond donors (Lipinski definition) is 1. The summed E-state index contributed by atoms with van der Waals surface area (Å²) in [5.74, 6) is 0.800. The molecule has 27 heavy (non-hydrogen) atoms. The minimum absolute atomic E-state index is 0.000470. The van der Waals surface area contributed by atoms with E-state index < -0.39 is 23.1 Å². The van der Waals surface area contributed by atoms with E-state index in [9.17, 15) is 22.8 Å². The summed E-state index contributed by atoms with van der Waals surface area (Å²) in [7, 11) is 0. The van der Waals surface area contributed by atoms with Crippen molar-refractivity contribution < 1.29 is 17.9 Å². The summed E-state index contributed by atoms with van der Waals surface area (Å²) in [5, 5.41) is -0.000470. The van der Waals surface area contributed by atoms with E-state index in [4.69, 9.17) is 16.3 Å². The normalized spacial score (nSPS) is 11.4. The van der Waals surface area contributed by atoms with Crippen molar-refractivity contribution in [2.75, 3.05) is 0 Å². The van der Waals surface area contributed by atoms with Crippen LogP contribution in [0.5, 0.6) is 11.5 Å². The van der Waals surface area contributed by atoms with Crippen molar-refractivity contribution in [3.8, 4) is 17.2 Å². The van der Waals surface area contributed by atoms with E-state index in [-0.39, 0.29) is 16.5 Å². The van der Waals surface area contributed by atoms with E-state index in [2.05, 4.69) is 0 Å². The van der Waals surface area contributed by atoms with Crippen LogP contribution in [0.25, 0.3) is 5.69 Å². The number of benzene rings is 2. The van der Waals surface area contributed by atoms with Crippen molar-refractivity contribution in [1.82, 2.24) is 9.55 Å². The van der Waals surface area contributed by atoms with Gasteiger partial charge in [-0.3, -0.25) is 4.79 Å². The van der Waals surface area contributed by atoms with Gasteiger partial charge in [0, 0.05) is 12.1 Å². The second kappa shape index (κ2) is 6.96. The summed E-state index contributed by atoms with van der Waals surface area (Å²) in [5.41, 5.74) is -3.11. The first-order valence-electron chi connectivity index (χ1n) is 7.64. The monoisotopic (exact) mass is 396 g/mol. The molecular formula is C18H12ClF3N2O3. The van der Waals surface area contributed by atoms with Gasteiger partial charge in [0.25, 0.3) is 5.56 Å². The highest BCUT2D eigenvalue weighted by Gasteiger charge is 2.33. The first-order chi connectivity index (χ1) is 12.7. The molecule has 1 N–H and O–H groups in total. The molecule has 0 atom stereocenters. The molecule has 9 heteroatoms. The Bertz CT molecular complexity index is 1090. The molecule has 0 saturated carbocycles. The van der Waals surface area contributed by atoms with Gasteiger partial charge in [-0.1, -0.05) is 29.8 Å². The molecule has 0 amide bonds. The number of H-pyrrole nitrogens is 1. The lowest BCUT2D eigenvalue weighted by Gasteiger charge is -2.13. The van der Waals surface area contributed by atoms with E-state index in [0.29, 0.717) is 16.4 Å². The fourth-order valence-electron chi connectivity index (χ4n) is 2.40. The Kier molecular flexibility index (Phi) is 4.84. The number of nitrogens with zero attached hydrogens (tertiary/aromatic N) is 1. The average molecular weight is 397 g/mol. The summed E-state index contributed by atoms with van der Waals surface area (Å²) >= 11 is 6.05. The molecule has 0 aliphatic carbocycles. The molecule has 0 aliphatic rings. The van der Waals surface area contributed by atoms with Gasteiger partial charge in [-0.25, -0.2) is 9.36 Å². The van der Waals surface area contributed by atoms with E-state index in [1.54, 1.807) is 17.1 Å². The van der Waals surface area contributed by atoms with Crippen LogP contribution in [0.1, 0.15) is 11.3 Å². The van der Waals surface area contributed by atoms with Gasteiger partial charge in [0.15, 0.2) is 0 Å². The van der Waals surface area contributed by atoms with Gasteiger partial charge in [0.05, 0.1) is 10.7 Å². The molecule has 0 radical (unpaired) electrons. The zero-order chi connectivity index (χ0) is 19.8. The molecule has 1 heterocycles. The molecule has 0 bridgehead atoms. The highest BCUT2D eigenvalue weighted by atomic mass is 35.5. The Labute approximate surface area is 155 Å². The van der Waals surface area contributed by atoms with Crippen molar-refractivity contribution in [1.29, 1.82) is 0 Å². The van der Waals surface area contributed by atoms with Crippen molar-refractivity contribution in [2.45, 2.75) is 13.1 Å². The SMILES string of the molecule is Cc1ccccc1Oc1ccc(Cl)c(-n2c(=O)cc(C(F)(F)F)[nH]c2=O)c1. The topological polar surface area (TPSA) is 64.1 Å². The lowest BCUT2D eigenvalue weighted by molar-refractivity contribution is -0.141. The smallest absolute Gasteiger partial charge is 0.431 e. The Balaban J connectivity index is 2.09. The van der Waals surface area contributed by atoms with Crippen LogP contribution in [0, 0.1) is 6.92 Å². The summed E-state index contributed by atoms with van der Waals surface area (Å²) in [6.07, 6.45) is -4.85. The number of para-hydroxylation sites is 1. The molecule has 2 aromatic carbocycles. The minimum atomic E-state index is -4.85. The fourth-order valence-corrected chi connectivity index (χ4v) is 2.60. The maximum Gasteiger partial charge on any atom is 0.431 e. The number of rotatable bonds is 3. The van der Waals surface area contributed by atoms with E-state index >= 15 is 0 Å². The second-order valence-electron chi connectivity index (χ2n) is 5.64. The van der Waals surface area contributed by atoms with Crippen molar-refractivity contribution in [2.24, 2.45) is 0 Å². The van der Waals surface area contributed by atoms with Crippen molar-refractivity contribution in [3.63, 3.8) is 0 Å². The van der Waals surface area contributed by atoms with Crippen LogP contribution < -0.4 is 16.0 Å². The third-order valence-electron chi connectivity index (χ3n) is 3.72. The van der Waals surface area contributed by atoms with Crippen LogP contribution in [0.2, 0.25) is 5.02 Å². The van der Waals surface area contributed by atoms with Crippen LogP contribution >= 0.6 is 11.6 Å². The number of halogens is 4. The van der Waals surface area contributed by atoms with Gasteiger partial charge in [0.2, 0.25) is 0 Å². The van der Waals surface area contributed by atoms with Crippen LogP contribution in [0.4, 0.5) is 13.2 Å². The largest absolute Gasteiger partial charge is 0.457 e. The molecule has 1 aromatic heterocycles. The van der Waals surface area contributed by atoms with E-state index in [1.807, 2.05) is 19.1 Å². The van der Waals surface area contributed by atoms with Crippen LogP contribution in [0.3, 0.4) is 0 Å². The van der Waals surface area contributed by atoms with Crippen LogP contribution in [0.15, 0.2) is 58.1 Å². The Morgan fingerprint density at radius 1 is 1.07 bits per heavy atom. The zero-order valence-corrected chi connectivity index (χ0v) is 14.6. The molecule has 0 unspecified atom stereocenters. The van der Waals surface area contributed by atoms with Gasteiger partial charge in [-0.2, -0.15) is 13.2 Å². The lowest BCUT2D eigenvalue weighted by atomic mass is 10.2. The predicted molar refractivity (Wildman–Crippen MR) is 93.9 cm³/mol. The van der Waals surface area contributed by atoms with Crippen molar-refractivity contribution in [3.05, 3.63) is 85.6 Å². The average Bonchev–Trinajstić information content (AvgIpc) is 2.58. The number of nitrogens with one attached hydrogen (secondary N) is 1. The molecule has 0 aliphatic heterocycles. The second-order valence-corrected chi connectivity index (χ2v) is 6.05. The number of ether oxygens (including phenoxy) is 1. The zero-order valence-electron chi connectivity index (χ0n) is 13.8. The van der Waals surface area contributed by atoms with Crippen LogP contribution in [-0.2, 0) is 6.18 Å². The number of hydrogen-bond acceptors (Lipinski definition) is 3. The van der Waals surface area contributed by atoms with Gasteiger partial charge >= 0.3 is 11.9 Å². The molecular weight excluding hydrogens is 385 g/mol. The molecule has 0 spiro atoms. The number of alkyl halides is 3. The molecule has 140 valence electrons. The van der Waals surface area contributed by atoms with E-state index in [0.717, 1.165) is 5.56 Å². The first-order valence-corrected chi connectivity index (χ1v) is 8.01. The fraction of sp³-hybridized carbons (Fsp3) is 0.111. The number of aromatic amines is 1. The predicted octanol–water partition coefficient (Wildman–Crippen LogP) is 4.30. The van der Waals surface area contributed by atoms with Crippen molar-refractivity contribution >= 4 is 11.6 Å². The summed E-state index contributed by atoms with van der Waals surface area (Å²) in [6, 6.07) is 11.7. The number of aryl methyl sites for hydroxylation is 1. The van der Waals surface area contributed by atoms with E-state index in [1.165, 1.54) is 18.2 Å². The highest BCUT2D eigenvalue weighted by molar-refractivity contribution is 6.32. The Morgan fingerprint density at radius 3 is 2.41 bits per heavy atom. The molecule has 3 aromatic rings. The van der Waals surface area contributed by atoms with Gasteiger partial charge < -0.3 is 9.72 Å². The molecule has 0 saturated heterocycles. The standard InChI is InChI=1S/C18H12ClF3N2O3/c1-10-4-2-3-5-14(10)27-11-6-7-12(19)13(8-11)24-16(25)9-15(18(20,21)22)23-17(24)26/h2-9H,1H3,(H,23,26). The summed E-state index contributed by atoms with van der Waals surface area (Å²) in [6.45, 7) is 1.83. The summed E-state index contributed by atoms with van der Waals surface area (Å²) in [4.78, 5) is 25.9. The Morgan fingerprint density at radius 2 is 1.78 bits per heavy atom. The van der Waals surface area contributed by atoms with Crippen LogP contribution in [-0.4, -0.2) is 9.55 Å². The maximum atomic E-state index is 12.7. The molecule has 5 nitrogen and oxygen atoms in total. The Hall–Kier alpha value is -3.00. The third-order valence-corrected chi connectivity index (χ3v) is 4.04. The molecule has 3 rings (SSSR count). The first kappa shape index (κ1) is 18.8. The highest BCUT2D eigenvalue weighted by Crippen LogP contribution is 2.30. The van der Waals surface area contributed by atoms with Gasteiger partial charge in [-0.05, 0) is 30.7 Å². The lowest BCUT2D eigenvalue weighted by Crippen LogP contribution is -2.36. The minimum Gasteiger partial charge on any atom is -0.457 e. The quantitative estimate of drug-likeness (QED) is 0.718. The van der Waals surface area contributed by atoms with Gasteiger partial charge in [0.1, 0.15) is 17.2 Å². The molecule has 0 fully saturated rings. The van der Waals surface area contributed by atoms with Gasteiger partial charge in [-0.15, -0.1) is 0 Å². The third kappa shape index (κ3) is 3.90. The number of aromatic nitrogens is 2. The maximum absolute atomic E-state index is 12.7.